The van der Waals surface area contributed by atoms with Crippen LogP contribution in [0, 0.1) is 0 Å². The summed E-state index contributed by atoms with van der Waals surface area (Å²) in [6.45, 7) is 1.94. The quantitative estimate of drug-likeness (QED) is 0.414. The van der Waals surface area contributed by atoms with E-state index in [-0.39, 0.29) is 12.1 Å². The van der Waals surface area contributed by atoms with Crippen molar-refractivity contribution in [3.63, 3.8) is 0 Å². The van der Waals surface area contributed by atoms with Crippen molar-refractivity contribution in [2.45, 2.75) is 50.3 Å². The second-order valence-electron chi connectivity index (χ2n) is 9.21. The monoisotopic (exact) mass is 459 g/mol. The first-order valence-corrected chi connectivity index (χ1v) is 12.0. The molecule has 0 bridgehead atoms. The number of pyridine rings is 1. The Balaban J connectivity index is 1.28. The molecule has 0 radical (unpaired) electrons. The minimum absolute atomic E-state index is 0.0157. The molecule has 4 aromatic heterocycles. The zero-order valence-electron chi connectivity index (χ0n) is 19.2. The maximum Gasteiger partial charge on any atom is 0.230 e. The second kappa shape index (κ2) is 8.77. The first-order chi connectivity index (χ1) is 16.7. The Kier molecular flexibility index (Phi) is 5.46. The van der Waals surface area contributed by atoms with Crippen LogP contribution in [-0.2, 0) is 0 Å². The zero-order chi connectivity index (χ0) is 23.1. The number of fused-ring (bicyclic) bond motifs is 3. The smallest absolute Gasteiger partial charge is 0.230 e. The van der Waals surface area contributed by atoms with E-state index >= 15 is 0 Å². The summed E-state index contributed by atoms with van der Waals surface area (Å²) in [5.41, 5.74) is 1.77. The van der Waals surface area contributed by atoms with Gasteiger partial charge in [0.1, 0.15) is 5.65 Å². The molecule has 2 fully saturated rings. The predicted molar refractivity (Wildman–Crippen MR) is 131 cm³/mol. The lowest BCUT2D eigenvalue weighted by Gasteiger charge is -2.32. The van der Waals surface area contributed by atoms with Crippen LogP contribution in [0.2, 0.25) is 0 Å². The summed E-state index contributed by atoms with van der Waals surface area (Å²) in [5.74, 6) is 1.94. The van der Waals surface area contributed by atoms with Gasteiger partial charge in [-0.3, -0.25) is 4.98 Å². The van der Waals surface area contributed by atoms with Crippen molar-refractivity contribution in [3.8, 4) is 0 Å². The van der Waals surface area contributed by atoms with Gasteiger partial charge in [-0.2, -0.15) is 4.98 Å². The molecule has 2 atom stereocenters. The average Bonchev–Trinajstić information content (AvgIpc) is 3.44. The van der Waals surface area contributed by atoms with Gasteiger partial charge in [-0.1, -0.05) is 0 Å². The molecule has 4 aromatic rings. The molecule has 1 aliphatic carbocycles. The van der Waals surface area contributed by atoms with Crippen LogP contribution < -0.4 is 15.5 Å². The summed E-state index contributed by atoms with van der Waals surface area (Å²) >= 11 is 0. The first kappa shape index (κ1) is 21.2. The molecule has 2 aliphatic rings. The maximum atomic E-state index is 10.6. The molecule has 0 aromatic carbocycles. The lowest BCUT2D eigenvalue weighted by molar-refractivity contribution is 0.140. The van der Waals surface area contributed by atoms with Gasteiger partial charge in [0.2, 0.25) is 5.95 Å². The number of nitrogens with zero attached hydrogens (tertiary/aromatic N) is 7. The third-order valence-corrected chi connectivity index (χ3v) is 7.24. The number of piperidine rings is 1. The molecule has 10 heteroatoms. The fourth-order valence-electron chi connectivity index (χ4n) is 5.36. The molecular weight excluding hydrogens is 430 g/mol. The van der Waals surface area contributed by atoms with Crippen molar-refractivity contribution in [3.05, 3.63) is 36.8 Å². The van der Waals surface area contributed by atoms with Crippen LogP contribution >= 0.6 is 0 Å². The minimum atomic E-state index is -0.387. The molecule has 3 N–H and O–H groups in total. The standard InChI is InChI=1S/C24H29N9O/c1-25-15-8-11-32(12-9-15)22-6-5-21(30-31-22)28-24-27-13-17-16-7-10-26-14-19(16)33(23(17)29-24)18-3-2-4-20(18)34/h5-7,10,13-15,18,20,25,34H,2-4,8-9,11-12H2,1H3,(H,27,28,29,30)/t18-,20+/m0/s1. The van der Waals surface area contributed by atoms with Crippen molar-refractivity contribution in [2.75, 3.05) is 30.4 Å². The Morgan fingerprint density at radius 1 is 1.00 bits per heavy atom. The van der Waals surface area contributed by atoms with Gasteiger partial charge in [0.25, 0.3) is 0 Å². The maximum absolute atomic E-state index is 10.6. The SMILES string of the molecule is CNC1CCN(c2ccc(Nc3ncc4c5ccncc5n([C@H]5CCC[C@H]5O)c4n3)nn2)CC1. The van der Waals surface area contributed by atoms with Gasteiger partial charge in [-0.25, -0.2) is 4.98 Å². The summed E-state index contributed by atoms with van der Waals surface area (Å²) < 4.78 is 2.13. The summed E-state index contributed by atoms with van der Waals surface area (Å²) in [4.78, 5) is 16.0. The van der Waals surface area contributed by atoms with Gasteiger partial charge in [-0.15, -0.1) is 10.2 Å². The predicted octanol–water partition coefficient (Wildman–Crippen LogP) is 2.79. The van der Waals surface area contributed by atoms with Crippen LogP contribution in [0.5, 0.6) is 0 Å². The van der Waals surface area contributed by atoms with Gasteiger partial charge in [0.15, 0.2) is 11.6 Å². The van der Waals surface area contributed by atoms with E-state index < -0.39 is 0 Å². The van der Waals surface area contributed by atoms with E-state index in [1.807, 2.05) is 37.6 Å². The Hall–Kier alpha value is -3.37. The molecule has 5 heterocycles. The molecular formula is C24H29N9O. The molecule has 0 unspecified atom stereocenters. The number of nitrogens with one attached hydrogen (secondary N) is 2. The highest BCUT2D eigenvalue weighted by Gasteiger charge is 2.30. The summed E-state index contributed by atoms with van der Waals surface area (Å²) in [6.07, 6.45) is 9.99. The van der Waals surface area contributed by atoms with E-state index in [2.05, 4.69) is 40.3 Å². The molecule has 0 amide bonds. The van der Waals surface area contributed by atoms with Crippen molar-refractivity contribution in [1.29, 1.82) is 0 Å². The third-order valence-electron chi connectivity index (χ3n) is 7.24. The van der Waals surface area contributed by atoms with Gasteiger partial charge in [-0.05, 0) is 57.4 Å². The highest BCUT2D eigenvalue weighted by Crippen LogP contribution is 2.37. The Morgan fingerprint density at radius 2 is 1.88 bits per heavy atom. The number of aromatic nitrogens is 6. The number of rotatable bonds is 5. The normalized spacial score (nSPS) is 21.5. The highest BCUT2D eigenvalue weighted by atomic mass is 16.3. The molecule has 176 valence electrons. The highest BCUT2D eigenvalue weighted by molar-refractivity contribution is 6.06. The van der Waals surface area contributed by atoms with Crippen molar-refractivity contribution in [2.24, 2.45) is 0 Å². The Bertz CT molecular complexity index is 1300. The van der Waals surface area contributed by atoms with Gasteiger partial charge in [0.05, 0.1) is 23.9 Å². The molecule has 0 spiro atoms. The van der Waals surface area contributed by atoms with Crippen LogP contribution in [0.4, 0.5) is 17.6 Å². The van der Waals surface area contributed by atoms with E-state index in [0.717, 1.165) is 72.9 Å². The largest absolute Gasteiger partial charge is 0.391 e. The van der Waals surface area contributed by atoms with E-state index in [1.54, 1.807) is 6.20 Å². The molecule has 1 saturated carbocycles. The average molecular weight is 460 g/mol. The third kappa shape index (κ3) is 3.72. The Labute approximate surface area is 197 Å². The lowest BCUT2D eigenvalue weighted by atomic mass is 10.1. The van der Waals surface area contributed by atoms with Gasteiger partial charge >= 0.3 is 0 Å². The minimum Gasteiger partial charge on any atom is -0.391 e. The molecule has 34 heavy (non-hydrogen) atoms. The van der Waals surface area contributed by atoms with Crippen LogP contribution in [0.25, 0.3) is 21.9 Å². The van der Waals surface area contributed by atoms with Crippen LogP contribution in [0.15, 0.2) is 36.8 Å². The summed E-state index contributed by atoms with van der Waals surface area (Å²) in [7, 11) is 2.02. The fraction of sp³-hybridized carbons (Fsp3) is 0.458. The Morgan fingerprint density at radius 3 is 2.62 bits per heavy atom. The number of aliphatic hydroxyl groups excluding tert-OH is 1. The van der Waals surface area contributed by atoms with E-state index in [4.69, 9.17) is 4.98 Å². The van der Waals surface area contributed by atoms with Crippen LogP contribution in [0.1, 0.15) is 38.1 Å². The second-order valence-corrected chi connectivity index (χ2v) is 9.21. The summed E-state index contributed by atoms with van der Waals surface area (Å²) in [5, 5.41) is 28.0. The van der Waals surface area contributed by atoms with Crippen LogP contribution in [0.3, 0.4) is 0 Å². The number of aliphatic hydroxyl groups is 1. The number of hydrogen-bond donors (Lipinski definition) is 3. The van der Waals surface area contributed by atoms with Gasteiger partial charge < -0.3 is 25.2 Å². The van der Waals surface area contributed by atoms with Crippen molar-refractivity contribution in [1.82, 2.24) is 35.0 Å². The zero-order valence-corrected chi connectivity index (χ0v) is 19.2. The van der Waals surface area contributed by atoms with Crippen molar-refractivity contribution < 1.29 is 5.11 Å². The first-order valence-electron chi connectivity index (χ1n) is 12.0. The molecule has 1 aliphatic heterocycles. The summed E-state index contributed by atoms with van der Waals surface area (Å²) in [6, 6.07) is 6.45. The van der Waals surface area contributed by atoms with Crippen molar-refractivity contribution >= 4 is 39.5 Å². The number of hydrogen-bond acceptors (Lipinski definition) is 9. The fourth-order valence-corrected chi connectivity index (χ4v) is 5.36. The molecule has 6 rings (SSSR count). The van der Waals surface area contributed by atoms with E-state index in [9.17, 15) is 5.11 Å². The molecule has 10 nitrogen and oxygen atoms in total. The van der Waals surface area contributed by atoms with Gasteiger partial charge in [0, 0.05) is 42.3 Å². The van der Waals surface area contributed by atoms with E-state index in [0.29, 0.717) is 17.8 Å². The topological polar surface area (TPSA) is 117 Å². The van der Waals surface area contributed by atoms with Crippen LogP contribution in [-0.4, -0.2) is 67.1 Å². The van der Waals surface area contributed by atoms with E-state index in [1.165, 1.54) is 0 Å². The number of anilines is 3. The lowest BCUT2D eigenvalue weighted by Crippen LogP contribution is -2.41. The molecule has 1 saturated heterocycles.